The van der Waals surface area contributed by atoms with E-state index in [9.17, 15) is 9.59 Å². The first-order chi connectivity index (χ1) is 15.5. The lowest BCUT2D eigenvalue weighted by atomic mass is 9.82. The van der Waals surface area contributed by atoms with Gasteiger partial charge in [-0.2, -0.15) is 0 Å². The van der Waals surface area contributed by atoms with Crippen LogP contribution in [0.5, 0.6) is 5.75 Å². The highest BCUT2D eigenvalue weighted by molar-refractivity contribution is 9.10. The number of carbonyl (C=O) groups is 2. The number of aromatic nitrogens is 1. The Kier molecular flexibility index (Phi) is 5.68. The summed E-state index contributed by atoms with van der Waals surface area (Å²) in [6.45, 7) is 5.34. The fourth-order valence-corrected chi connectivity index (χ4v) is 5.74. The Bertz CT molecular complexity index is 1190. The van der Waals surface area contributed by atoms with Gasteiger partial charge in [0, 0.05) is 54.1 Å². The second-order valence-corrected chi connectivity index (χ2v) is 9.86. The van der Waals surface area contributed by atoms with Gasteiger partial charge in [0.15, 0.2) is 11.6 Å². The lowest BCUT2D eigenvalue weighted by Gasteiger charge is -2.44. The van der Waals surface area contributed by atoms with Gasteiger partial charge in [-0.15, -0.1) is 0 Å². The summed E-state index contributed by atoms with van der Waals surface area (Å²) >= 11 is 3.65. The van der Waals surface area contributed by atoms with Crippen molar-refractivity contribution in [2.45, 2.75) is 44.8 Å². The van der Waals surface area contributed by atoms with E-state index >= 15 is 0 Å². The SMILES string of the molecule is CC(=O)c1cn(CCCN2CCC3(CC2)CC(=O)c2ccccc2O3)c2c(Br)cccc12. The number of piperidine rings is 1. The molecule has 0 radical (unpaired) electrons. The van der Waals surface area contributed by atoms with Gasteiger partial charge in [0.25, 0.3) is 0 Å². The van der Waals surface area contributed by atoms with Crippen LogP contribution < -0.4 is 4.74 Å². The van der Waals surface area contributed by atoms with Crippen molar-refractivity contribution in [1.29, 1.82) is 0 Å². The zero-order chi connectivity index (χ0) is 22.3. The summed E-state index contributed by atoms with van der Waals surface area (Å²) in [7, 11) is 0. The van der Waals surface area contributed by atoms with Crippen LogP contribution in [0.2, 0.25) is 0 Å². The molecule has 0 amide bonds. The molecular weight excluding hydrogens is 468 g/mol. The Morgan fingerprint density at radius 1 is 1.09 bits per heavy atom. The van der Waals surface area contributed by atoms with Crippen LogP contribution in [0.25, 0.3) is 10.9 Å². The number of aryl methyl sites for hydroxylation is 1. The average molecular weight is 495 g/mol. The van der Waals surface area contributed by atoms with Crippen molar-refractivity contribution in [3.63, 3.8) is 0 Å². The number of fused-ring (bicyclic) bond motifs is 2. The maximum absolute atomic E-state index is 12.6. The Balaban J connectivity index is 1.21. The first-order valence-corrected chi connectivity index (χ1v) is 12.1. The van der Waals surface area contributed by atoms with Crippen LogP contribution in [-0.2, 0) is 6.54 Å². The summed E-state index contributed by atoms with van der Waals surface area (Å²) in [6.07, 6.45) is 5.22. The minimum Gasteiger partial charge on any atom is -0.486 e. The summed E-state index contributed by atoms with van der Waals surface area (Å²) in [5.74, 6) is 1.03. The van der Waals surface area contributed by atoms with E-state index in [0.29, 0.717) is 6.42 Å². The fraction of sp³-hybridized carbons (Fsp3) is 0.385. The number of hydrogen-bond acceptors (Lipinski definition) is 4. The molecule has 2 aliphatic heterocycles. The van der Waals surface area contributed by atoms with Crippen LogP contribution in [0.4, 0.5) is 0 Å². The van der Waals surface area contributed by atoms with Gasteiger partial charge in [-0.3, -0.25) is 9.59 Å². The van der Waals surface area contributed by atoms with E-state index in [2.05, 4.69) is 25.4 Å². The molecule has 3 heterocycles. The van der Waals surface area contributed by atoms with E-state index in [1.807, 2.05) is 48.7 Å². The lowest BCUT2D eigenvalue weighted by molar-refractivity contribution is -0.00926. The van der Waals surface area contributed by atoms with Crippen LogP contribution in [0.15, 0.2) is 53.1 Å². The normalized spacial score (nSPS) is 18.0. The number of benzene rings is 2. The van der Waals surface area contributed by atoms with Gasteiger partial charge in [-0.1, -0.05) is 24.3 Å². The van der Waals surface area contributed by atoms with Crippen LogP contribution >= 0.6 is 15.9 Å². The van der Waals surface area contributed by atoms with Crippen molar-refractivity contribution >= 4 is 38.4 Å². The molecule has 0 atom stereocenters. The molecule has 0 saturated carbocycles. The van der Waals surface area contributed by atoms with Crippen molar-refractivity contribution in [1.82, 2.24) is 9.47 Å². The second kappa shape index (κ2) is 8.49. The molecule has 0 aliphatic carbocycles. The molecule has 32 heavy (non-hydrogen) atoms. The van der Waals surface area contributed by atoms with E-state index in [1.54, 1.807) is 6.92 Å². The highest BCUT2D eigenvalue weighted by atomic mass is 79.9. The summed E-state index contributed by atoms with van der Waals surface area (Å²) in [6, 6.07) is 13.6. The topological polar surface area (TPSA) is 51.5 Å². The molecule has 3 aromatic rings. The summed E-state index contributed by atoms with van der Waals surface area (Å²) < 4.78 is 9.56. The third-order valence-corrected chi connectivity index (χ3v) is 7.51. The van der Waals surface area contributed by atoms with Gasteiger partial charge >= 0.3 is 0 Å². The van der Waals surface area contributed by atoms with E-state index in [4.69, 9.17) is 4.74 Å². The highest BCUT2D eigenvalue weighted by Crippen LogP contribution is 2.39. The van der Waals surface area contributed by atoms with Crippen LogP contribution in [0, 0.1) is 0 Å². The Labute approximate surface area is 196 Å². The second-order valence-electron chi connectivity index (χ2n) is 9.00. The fourth-order valence-electron chi connectivity index (χ4n) is 5.14. The average Bonchev–Trinajstić information content (AvgIpc) is 3.16. The van der Waals surface area contributed by atoms with Crippen LogP contribution in [0.1, 0.15) is 53.3 Å². The number of ether oxygens (including phenoxy) is 1. The summed E-state index contributed by atoms with van der Waals surface area (Å²) in [5.41, 5.74) is 2.24. The Morgan fingerprint density at radius 2 is 1.88 bits per heavy atom. The smallest absolute Gasteiger partial charge is 0.170 e. The van der Waals surface area contributed by atoms with Crippen LogP contribution in [-0.4, -0.2) is 46.3 Å². The number of likely N-dealkylation sites (tertiary alicyclic amines) is 1. The monoisotopic (exact) mass is 494 g/mol. The maximum Gasteiger partial charge on any atom is 0.170 e. The Hall–Kier alpha value is -2.44. The van der Waals surface area contributed by atoms with E-state index in [0.717, 1.165) is 77.7 Å². The van der Waals surface area contributed by atoms with Gasteiger partial charge in [-0.05, 0) is 54.0 Å². The molecule has 0 N–H and O–H groups in total. The molecule has 2 aromatic carbocycles. The van der Waals surface area contributed by atoms with Crippen LogP contribution in [0.3, 0.4) is 0 Å². The van der Waals surface area contributed by atoms with E-state index in [-0.39, 0.29) is 17.2 Å². The molecule has 0 bridgehead atoms. The number of rotatable bonds is 5. The van der Waals surface area contributed by atoms with Gasteiger partial charge in [0.2, 0.25) is 0 Å². The van der Waals surface area contributed by atoms with Crippen molar-refractivity contribution in [2.75, 3.05) is 19.6 Å². The largest absolute Gasteiger partial charge is 0.486 e. The minimum absolute atomic E-state index is 0.0942. The molecule has 6 heteroatoms. The van der Waals surface area contributed by atoms with Crippen molar-refractivity contribution < 1.29 is 14.3 Å². The predicted molar refractivity (Wildman–Crippen MR) is 129 cm³/mol. The number of hydrogen-bond donors (Lipinski definition) is 0. The molecule has 0 unspecified atom stereocenters. The summed E-state index contributed by atoms with van der Waals surface area (Å²) in [5, 5.41) is 1.01. The first kappa shape index (κ1) is 21.4. The molecule has 1 aromatic heterocycles. The quantitative estimate of drug-likeness (QED) is 0.439. The zero-order valence-corrected chi connectivity index (χ0v) is 19.9. The summed E-state index contributed by atoms with van der Waals surface area (Å²) in [4.78, 5) is 27.2. The number of ketones is 2. The van der Waals surface area contributed by atoms with E-state index in [1.165, 1.54) is 0 Å². The molecule has 2 aliphatic rings. The molecule has 1 saturated heterocycles. The highest BCUT2D eigenvalue weighted by Gasteiger charge is 2.42. The number of halogens is 1. The number of nitrogens with zero attached hydrogens (tertiary/aromatic N) is 2. The number of carbonyl (C=O) groups excluding carboxylic acids is 2. The van der Waals surface area contributed by atoms with Gasteiger partial charge < -0.3 is 14.2 Å². The van der Waals surface area contributed by atoms with Gasteiger partial charge in [0.05, 0.1) is 17.5 Å². The maximum atomic E-state index is 12.6. The van der Waals surface area contributed by atoms with Crippen molar-refractivity contribution in [2.24, 2.45) is 0 Å². The van der Waals surface area contributed by atoms with E-state index < -0.39 is 0 Å². The lowest BCUT2D eigenvalue weighted by Crippen LogP contribution is -2.51. The third-order valence-electron chi connectivity index (χ3n) is 6.87. The molecule has 5 rings (SSSR count). The molecule has 5 nitrogen and oxygen atoms in total. The number of Topliss-reactive ketones (excluding diaryl/α,β-unsaturated/α-hetero) is 2. The zero-order valence-electron chi connectivity index (χ0n) is 18.3. The standard InChI is InChI=1S/C26H27BrN2O3/c1-18(30)21-17-29(25-19(21)7-4-8-22(25)27)13-5-12-28-14-10-26(11-15-28)16-23(31)20-6-2-3-9-24(20)32-26/h2-4,6-9,17H,5,10-16H2,1H3. The predicted octanol–water partition coefficient (Wildman–Crippen LogP) is 5.50. The molecule has 1 fully saturated rings. The first-order valence-electron chi connectivity index (χ1n) is 11.3. The molecular formula is C26H27BrN2O3. The third kappa shape index (κ3) is 3.90. The molecule has 1 spiro atoms. The molecule has 166 valence electrons. The van der Waals surface area contributed by atoms with Crippen molar-refractivity contribution in [3.05, 3.63) is 64.3 Å². The minimum atomic E-state index is -0.347. The van der Waals surface area contributed by atoms with Gasteiger partial charge in [-0.25, -0.2) is 0 Å². The van der Waals surface area contributed by atoms with Gasteiger partial charge in [0.1, 0.15) is 11.4 Å². The Morgan fingerprint density at radius 3 is 2.66 bits per heavy atom. The number of para-hydroxylation sites is 2. The van der Waals surface area contributed by atoms with Crippen molar-refractivity contribution in [3.8, 4) is 5.75 Å².